The number of alkyl halides is 3. The quantitative estimate of drug-likeness (QED) is 0.920. The minimum absolute atomic E-state index is 0.0232. The van der Waals surface area contributed by atoms with Gasteiger partial charge in [-0.25, -0.2) is 0 Å². The molecule has 0 bridgehead atoms. The number of anilines is 1. The number of benzene rings is 1. The molecule has 0 spiro atoms. The van der Waals surface area contributed by atoms with E-state index in [9.17, 15) is 13.2 Å². The van der Waals surface area contributed by atoms with Gasteiger partial charge in [0.05, 0.1) is 5.56 Å². The van der Waals surface area contributed by atoms with Gasteiger partial charge >= 0.3 is 6.18 Å². The summed E-state index contributed by atoms with van der Waals surface area (Å²) in [4.78, 5) is 2.08. The fraction of sp³-hybridized carbons (Fsp3) is 0.600. The summed E-state index contributed by atoms with van der Waals surface area (Å²) < 4.78 is 39.4. The number of nitrogens with two attached hydrogens (primary N) is 1. The molecule has 0 aliphatic carbocycles. The second kappa shape index (κ2) is 5.28. The molecule has 1 aromatic rings. The summed E-state index contributed by atoms with van der Waals surface area (Å²) in [6.07, 6.45) is -3.17. The summed E-state index contributed by atoms with van der Waals surface area (Å²) in [6, 6.07) is 4.63. The van der Waals surface area contributed by atoms with Crippen LogP contribution in [0.15, 0.2) is 18.2 Å². The Morgan fingerprint density at radius 1 is 1.30 bits per heavy atom. The Hall–Kier alpha value is -1.23. The highest BCUT2D eigenvalue weighted by molar-refractivity contribution is 5.63. The molecule has 2 nitrogen and oxygen atoms in total. The van der Waals surface area contributed by atoms with E-state index in [4.69, 9.17) is 5.73 Å². The van der Waals surface area contributed by atoms with Crippen LogP contribution in [0.3, 0.4) is 0 Å². The maximum absolute atomic E-state index is 13.1. The molecular weight excluding hydrogens is 265 g/mol. The Kier molecular flexibility index (Phi) is 4.00. The number of hydrogen-bond donors (Lipinski definition) is 1. The van der Waals surface area contributed by atoms with E-state index in [1.807, 2.05) is 20.8 Å². The monoisotopic (exact) mass is 286 g/mol. The van der Waals surface area contributed by atoms with Crippen LogP contribution in [0.1, 0.15) is 38.3 Å². The van der Waals surface area contributed by atoms with Gasteiger partial charge in [-0.3, -0.25) is 0 Å². The highest BCUT2D eigenvalue weighted by atomic mass is 19.4. The van der Waals surface area contributed by atoms with Crippen molar-refractivity contribution in [1.82, 2.24) is 0 Å². The lowest BCUT2D eigenvalue weighted by atomic mass is 10.00. The van der Waals surface area contributed by atoms with Gasteiger partial charge in [-0.05, 0) is 51.3 Å². The second-order valence-corrected chi connectivity index (χ2v) is 5.87. The molecular formula is C15H21F3N2. The first-order chi connectivity index (χ1) is 9.21. The molecule has 1 heterocycles. The summed E-state index contributed by atoms with van der Waals surface area (Å²) >= 11 is 0. The van der Waals surface area contributed by atoms with E-state index in [0.717, 1.165) is 0 Å². The predicted octanol–water partition coefficient (Wildman–Crippen LogP) is 3.58. The zero-order valence-corrected chi connectivity index (χ0v) is 12.0. The highest BCUT2D eigenvalue weighted by Crippen LogP contribution is 2.42. The van der Waals surface area contributed by atoms with E-state index in [0.29, 0.717) is 24.1 Å². The average molecular weight is 286 g/mol. The van der Waals surface area contributed by atoms with Crippen LogP contribution in [0.25, 0.3) is 0 Å². The molecule has 20 heavy (non-hydrogen) atoms. The number of halogens is 3. The molecule has 0 fully saturated rings. The summed E-state index contributed by atoms with van der Waals surface area (Å²) in [5, 5.41) is 0. The third-order valence-electron chi connectivity index (χ3n) is 3.77. The summed E-state index contributed by atoms with van der Waals surface area (Å²) in [5.74, 6) is 0. The van der Waals surface area contributed by atoms with Crippen LogP contribution in [0.4, 0.5) is 18.9 Å². The van der Waals surface area contributed by atoms with Crippen LogP contribution in [0.2, 0.25) is 0 Å². The minimum atomic E-state index is -4.29. The Morgan fingerprint density at radius 3 is 2.45 bits per heavy atom. The number of nitrogens with zero attached hydrogens (tertiary/aromatic N) is 1. The fourth-order valence-electron chi connectivity index (χ4n) is 3.15. The van der Waals surface area contributed by atoms with Gasteiger partial charge in [-0.1, -0.05) is 6.07 Å². The molecule has 1 aliphatic rings. The average Bonchev–Trinajstić information content (AvgIpc) is 2.63. The maximum Gasteiger partial charge on any atom is 0.416 e. The molecule has 0 aromatic heterocycles. The van der Waals surface area contributed by atoms with Crippen LogP contribution in [0, 0.1) is 0 Å². The van der Waals surface area contributed by atoms with Gasteiger partial charge in [-0.2, -0.15) is 13.2 Å². The lowest BCUT2D eigenvalue weighted by molar-refractivity contribution is -0.138. The van der Waals surface area contributed by atoms with Crippen molar-refractivity contribution < 1.29 is 13.2 Å². The summed E-state index contributed by atoms with van der Waals surface area (Å²) in [6.45, 7) is 5.90. The Morgan fingerprint density at radius 2 is 1.95 bits per heavy atom. The SMILES string of the molecule is CC(N)CC1Cc2c(cccc2C(F)(F)F)N1C(C)C. The standard InChI is InChI=1S/C15H21F3N2/c1-9(2)20-11(7-10(3)19)8-12-13(15(16,17)18)5-4-6-14(12)20/h4-6,9-11H,7-8,19H2,1-3H3. The van der Waals surface area contributed by atoms with Crippen molar-refractivity contribution >= 4 is 5.69 Å². The molecule has 0 saturated carbocycles. The number of rotatable bonds is 3. The Bertz CT molecular complexity index is 480. The van der Waals surface area contributed by atoms with Crippen molar-refractivity contribution in [3.05, 3.63) is 29.3 Å². The van der Waals surface area contributed by atoms with Gasteiger partial charge in [-0.15, -0.1) is 0 Å². The lowest BCUT2D eigenvalue weighted by Gasteiger charge is -2.32. The molecule has 0 saturated heterocycles. The van der Waals surface area contributed by atoms with Gasteiger partial charge in [0.2, 0.25) is 0 Å². The second-order valence-electron chi connectivity index (χ2n) is 5.87. The normalized spacial score (nSPS) is 20.4. The van der Waals surface area contributed by atoms with Crippen LogP contribution < -0.4 is 10.6 Å². The molecule has 5 heteroatoms. The first-order valence-corrected chi connectivity index (χ1v) is 6.94. The van der Waals surface area contributed by atoms with E-state index in [-0.39, 0.29) is 18.1 Å². The zero-order valence-electron chi connectivity index (χ0n) is 12.0. The molecule has 1 aliphatic heterocycles. The largest absolute Gasteiger partial charge is 0.416 e. The molecule has 0 radical (unpaired) electrons. The van der Waals surface area contributed by atoms with Gasteiger partial charge in [0.15, 0.2) is 0 Å². The van der Waals surface area contributed by atoms with Gasteiger partial charge in [0.25, 0.3) is 0 Å². The maximum atomic E-state index is 13.1. The minimum Gasteiger partial charge on any atom is -0.365 e. The van der Waals surface area contributed by atoms with E-state index >= 15 is 0 Å². The van der Waals surface area contributed by atoms with E-state index in [2.05, 4.69) is 4.90 Å². The predicted molar refractivity (Wildman–Crippen MR) is 74.8 cm³/mol. The smallest absolute Gasteiger partial charge is 0.365 e. The molecule has 0 amide bonds. The zero-order chi connectivity index (χ0) is 15.1. The van der Waals surface area contributed by atoms with Crippen molar-refractivity contribution in [2.75, 3.05) is 4.90 Å². The molecule has 112 valence electrons. The first kappa shape index (κ1) is 15.2. The van der Waals surface area contributed by atoms with Crippen molar-refractivity contribution in [2.45, 2.75) is 57.9 Å². The molecule has 2 atom stereocenters. The summed E-state index contributed by atoms with van der Waals surface area (Å²) in [7, 11) is 0. The van der Waals surface area contributed by atoms with Crippen LogP contribution in [-0.4, -0.2) is 18.1 Å². The summed E-state index contributed by atoms with van der Waals surface area (Å²) in [5.41, 5.74) is 6.46. The Balaban J connectivity index is 2.45. The van der Waals surface area contributed by atoms with Crippen molar-refractivity contribution in [3.8, 4) is 0 Å². The Labute approximate surface area is 117 Å². The highest BCUT2D eigenvalue weighted by Gasteiger charge is 2.40. The lowest BCUT2D eigenvalue weighted by Crippen LogP contribution is -2.40. The third-order valence-corrected chi connectivity index (χ3v) is 3.77. The molecule has 2 N–H and O–H groups in total. The molecule has 2 rings (SSSR count). The van der Waals surface area contributed by atoms with Crippen LogP contribution in [-0.2, 0) is 12.6 Å². The topological polar surface area (TPSA) is 29.3 Å². The van der Waals surface area contributed by atoms with Gasteiger partial charge < -0.3 is 10.6 Å². The van der Waals surface area contributed by atoms with Crippen molar-refractivity contribution in [3.63, 3.8) is 0 Å². The first-order valence-electron chi connectivity index (χ1n) is 6.94. The van der Waals surface area contributed by atoms with E-state index < -0.39 is 11.7 Å². The van der Waals surface area contributed by atoms with Crippen molar-refractivity contribution in [2.24, 2.45) is 5.73 Å². The fourth-order valence-corrected chi connectivity index (χ4v) is 3.15. The van der Waals surface area contributed by atoms with Crippen LogP contribution in [0.5, 0.6) is 0 Å². The molecule has 1 aromatic carbocycles. The number of fused-ring (bicyclic) bond motifs is 1. The number of hydrogen-bond acceptors (Lipinski definition) is 2. The van der Waals surface area contributed by atoms with Gasteiger partial charge in [0, 0.05) is 23.8 Å². The van der Waals surface area contributed by atoms with Crippen molar-refractivity contribution in [1.29, 1.82) is 0 Å². The van der Waals surface area contributed by atoms with E-state index in [1.54, 1.807) is 6.07 Å². The van der Waals surface area contributed by atoms with Gasteiger partial charge in [0.1, 0.15) is 0 Å². The van der Waals surface area contributed by atoms with Crippen LogP contribution >= 0.6 is 0 Å². The third kappa shape index (κ3) is 2.77. The van der Waals surface area contributed by atoms with E-state index in [1.165, 1.54) is 12.1 Å². The molecule has 2 unspecified atom stereocenters.